The summed E-state index contributed by atoms with van der Waals surface area (Å²) in [6.45, 7) is 4.62. The van der Waals surface area contributed by atoms with E-state index >= 15 is 0 Å². The van der Waals surface area contributed by atoms with Gasteiger partial charge in [0.05, 0.1) is 0 Å². The van der Waals surface area contributed by atoms with Crippen molar-refractivity contribution in [1.82, 2.24) is 35.4 Å². The maximum absolute atomic E-state index is 14.7. The van der Waals surface area contributed by atoms with Gasteiger partial charge in [-0.25, -0.2) is 14.8 Å². The van der Waals surface area contributed by atoms with Crippen molar-refractivity contribution < 1.29 is 8.78 Å². The van der Waals surface area contributed by atoms with Gasteiger partial charge in [0.25, 0.3) is 0 Å². The van der Waals surface area contributed by atoms with E-state index < -0.39 is 5.92 Å². The molecular weight excluding hydrogens is 448 g/mol. The second kappa shape index (κ2) is 11.3. The smallest absolute Gasteiger partial charge is 0.249 e. The third-order valence-electron chi connectivity index (χ3n) is 6.05. The largest absolute Gasteiger partial charge is 0.308 e. The van der Waals surface area contributed by atoms with Gasteiger partial charge in [0.2, 0.25) is 5.82 Å². The summed E-state index contributed by atoms with van der Waals surface area (Å²) >= 11 is 0. The van der Waals surface area contributed by atoms with Crippen LogP contribution in [-0.2, 0) is 18.9 Å². The van der Waals surface area contributed by atoms with Crippen LogP contribution in [0.5, 0.6) is 0 Å². The normalized spacial score (nSPS) is 11.8. The Labute approximate surface area is 204 Å². The van der Waals surface area contributed by atoms with E-state index in [1.54, 1.807) is 4.68 Å². The fourth-order valence-corrected chi connectivity index (χ4v) is 4.06. The molecule has 1 N–H and O–H groups in total. The zero-order valence-corrected chi connectivity index (χ0v) is 20.2. The number of aromatic amines is 1. The summed E-state index contributed by atoms with van der Waals surface area (Å²) in [4.78, 5) is 4.31. The number of aromatic nitrogens is 7. The summed E-state index contributed by atoms with van der Waals surface area (Å²) in [5.41, 5.74) is 3.90. The number of hydrogen-bond donors (Lipinski definition) is 1. The molecule has 0 radical (unpaired) electrons. The van der Waals surface area contributed by atoms with Crippen LogP contribution in [0.4, 0.5) is 8.78 Å². The van der Waals surface area contributed by atoms with E-state index in [0.717, 1.165) is 41.5 Å². The van der Waals surface area contributed by atoms with Crippen LogP contribution in [0.25, 0.3) is 22.5 Å². The van der Waals surface area contributed by atoms with E-state index in [1.165, 1.54) is 0 Å². The van der Waals surface area contributed by atoms with Gasteiger partial charge in [-0.3, -0.25) is 0 Å². The standard InChI is InChI=1S/C26H31F2N7/c1-3-5-9-17-35-23(29-25(32-35)26(27,28)16-6-4-2)18-19-12-14-20(15-13-19)21-10-7-8-11-22(21)24-30-33-34-31-24/h7-8,10-15H,3-6,9,16-18H2,1-2H3,(H,30,31,33,34). The van der Waals surface area contributed by atoms with Gasteiger partial charge >= 0.3 is 5.92 Å². The van der Waals surface area contributed by atoms with E-state index in [4.69, 9.17) is 0 Å². The molecule has 0 saturated heterocycles. The molecule has 4 rings (SSSR count). The van der Waals surface area contributed by atoms with Gasteiger partial charge in [-0.15, -0.1) is 10.2 Å². The third-order valence-corrected chi connectivity index (χ3v) is 6.05. The maximum atomic E-state index is 14.7. The van der Waals surface area contributed by atoms with Crippen LogP contribution in [0.15, 0.2) is 48.5 Å². The summed E-state index contributed by atoms with van der Waals surface area (Å²) in [6.07, 6.45) is 4.33. The molecule has 0 aliphatic heterocycles. The van der Waals surface area contributed by atoms with Gasteiger partial charge in [-0.05, 0) is 40.0 Å². The number of nitrogens with zero attached hydrogens (tertiary/aromatic N) is 6. The third kappa shape index (κ3) is 5.96. The molecule has 2 aromatic carbocycles. The molecule has 0 bridgehead atoms. The topological polar surface area (TPSA) is 85.2 Å². The molecule has 0 spiro atoms. The summed E-state index contributed by atoms with van der Waals surface area (Å²) < 4.78 is 31.1. The zero-order valence-electron chi connectivity index (χ0n) is 20.2. The van der Waals surface area contributed by atoms with E-state index in [0.29, 0.717) is 37.5 Å². The monoisotopic (exact) mass is 479 g/mol. The van der Waals surface area contributed by atoms with Crippen LogP contribution in [0.1, 0.15) is 69.6 Å². The Hall–Kier alpha value is -3.49. The molecule has 9 heteroatoms. The number of benzene rings is 2. The zero-order chi connectivity index (χ0) is 24.7. The van der Waals surface area contributed by atoms with Gasteiger partial charge < -0.3 is 0 Å². The molecule has 0 saturated carbocycles. The fraction of sp³-hybridized carbons (Fsp3) is 0.423. The molecule has 0 amide bonds. The van der Waals surface area contributed by atoms with Crippen LogP contribution in [0.2, 0.25) is 0 Å². The number of H-pyrrole nitrogens is 1. The van der Waals surface area contributed by atoms with Gasteiger partial charge in [0.15, 0.2) is 5.82 Å². The van der Waals surface area contributed by atoms with Crippen molar-refractivity contribution in [2.75, 3.05) is 0 Å². The van der Waals surface area contributed by atoms with E-state index in [9.17, 15) is 8.78 Å². The van der Waals surface area contributed by atoms with Gasteiger partial charge in [0, 0.05) is 24.9 Å². The molecule has 0 aliphatic rings. The second-order valence-electron chi connectivity index (χ2n) is 8.76. The van der Waals surface area contributed by atoms with Crippen molar-refractivity contribution in [2.24, 2.45) is 0 Å². The summed E-state index contributed by atoms with van der Waals surface area (Å²) in [6, 6.07) is 15.9. The van der Waals surface area contributed by atoms with Crippen molar-refractivity contribution >= 4 is 0 Å². The van der Waals surface area contributed by atoms with Crippen molar-refractivity contribution in [2.45, 2.75) is 71.3 Å². The van der Waals surface area contributed by atoms with Crippen LogP contribution in [0, 0.1) is 0 Å². The quantitative estimate of drug-likeness (QED) is 0.245. The van der Waals surface area contributed by atoms with Gasteiger partial charge in [0.1, 0.15) is 5.82 Å². The highest BCUT2D eigenvalue weighted by molar-refractivity contribution is 5.80. The van der Waals surface area contributed by atoms with E-state index in [1.807, 2.05) is 55.5 Å². The Kier molecular flexibility index (Phi) is 7.94. The Morgan fingerprint density at radius 1 is 0.914 bits per heavy atom. The van der Waals surface area contributed by atoms with Crippen LogP contribution < -0.4 is 0 Å². The van der Waals surface area contributed by atoms with Crippen LogP contribution >= 0.6 is 0 Å². The highest BCUT2D eigenvalue weighted by atomic mass is 19.3. The van der Waals surface area contributed by atoms with Crippen molar-refractivity contribution in [3.8, 4) is 22.5 Å². The molecule has 0 aliphatic carbocycles. The lowest BCUT2D eigenvalue weighted by molar-refractivity contribution is -0.0246. The molecule has 184 valence electrons. The highest BCUT2D eigenvalue weighted by Gasteiger charge is 2.36. The number of hydrogen-bond acceptors (Lipinski definition) is 5. The van der Waals surface area contributed by atoms with Crippen molar-refractivity contribution in [1.29, 1.82) is 0 Å². The SMILES string of the molecule is CCCCCn1nc(C(F)(F)CCCC)nc1Cc1ccc(-c2ccccc2-c2nnn[nH]2)cc1. The summed E-state index contributed by atoms with van der Waals surface area (Å²) in [5, 5.41) is 18.4. The average Bonchev–Trinajstić information content (AvgIpc) is 3.55. The molecule has 0 unspecified atom stereocenters. The van der Waals surface area contributed by atoms with Crippen molar-refractivity contribution in [3.05, 3.63) is 65.7 Å². The van der Waals surface area contributed by atoms with Crippen LogP contribution in [0.3, 0.4) is 0 Å². The molecule has 0 fully saturated rings. The van der Waals surface area contributed by atoms with E-state index in [-0.39, 0.29) is 12.2 Å². The molecule has 2 heterocycles. The minimum atomic E-state index is -3.01. The molecule has 7 nitrogen and oxygen atoms in total. The lowest BCUT2D eigenvalue weighted by Gasteiger charge is -2.11. The first kappa shape index (κ1) is 24.6. The van der Waals surface area contributed by atoms with E-state index in [2.05, 4.69) is 37.6 Å². The fourth-order valence-electron chi connectivity index (χ4n) is 4.06. The first-order valence-electron chi connectivity index (χ1n) is 12.3. The predicted molar refractivity (Wildman–Crippen MR) is 131 cm³/mol. The van der Waals surface area contributed by atoms with Crippen LogP contribution in [-0.4, -0.2) is 35.4 Å². The number of alkyl halides is 2. The first-order valence-corrected chi connectivity index (χ1v) is 12.3. The second-order valence-corrected chi connectivity index (χ2v) is 8.76. The predicted octanol–water partition coefficient (Wildman–Crippen LogP) is 6.19. The maximum Gasteiger partial charge on any atom is 0.308 e. The minimum absolute atomic E-state index is 0.225. The number of tetrazole rings is 1. The Morgan fingerprint density at radius 3 is 2.34 bits per heavy atom. The molecular formula is C26H31F2N7. The average molecular weight is 480 g/mol. The Balaban J connectivity index is 1.57. The molecule has 35 heavy (non-hydrogen) atoms. The van der Waals surface area contributed by atoms with Crippen molar-refractivity contribution in [3.63, 3.8) is 0 Å². The number of halogens is 2. The van der Waals surface area contributed by atoms with Gasteiger partial charge in [-0.2, -0.15) is 8.78 Å². The lowest BCUT2D eigenvalue weighted by atomic mass is 9.98. The first-order chi connectivity index (χ1) is 17.0. The Bertz CT molecular complexity index is 1200. The number of unbranched alkanes of at least 4 members (excludes halogenated alkanes) is 3. The summed E-state index contributed by atoms with van der Waals surface area (Å²) in [7, 11) is 0. The minimum Gasteiger partial charge on any atom is -0.249 e. The van der Waals surface area contributed by atoms with Gasteiger partial charge in [-0.1, -0.05) is 81.6 Å². The molecule has 4 aromatic rings. The number of aryl methyl sites for hydroxylation is 1. The number of rotatable bonds is 12. The molecule has 0 atom stereocenters. The highest BCUT2D eigenvalue weighted by Crippen LogP contribution is 2.32. The molecule has 2 aromatic heterocycles. The number of nitrogens with one attached hydrogen (secondary N) is 1. The Morgan fingerprint density at radius 2 is 1.66 bits per heavy atom. The lowest BCUT2D eigenvalue weighted by Crippen LogP contribution is -2.16. The summed E-state index contributed by atoms with van der Waals surface area (Å²) in [5.74, 6) is -2.19.